The summed E-state index contributed by atoms with van der Waals surface area (Å²) in [5.41, 5.74) is 3.73. The molecule has 0 fully saturated rings. The molecule has 74 valence electrons. The van der Waals surface area contributed by atoms with Crippen LogP contribution < -0.4 is 5.73 Å². The molecule has 2 N–H and O–H groups in total. The third kappa shape index (κ3) is 1.54. The number of rotatable bonds is 2. The van der Waals surface area contributed by atoms with Crippen LogP contribution >= 0.6 is 0 Å². The number of anilines is 1. The predicted octanol–water partition coefficient (Wildman–Crippen LogP) is 1.52. The van der Waals surface area contributed by atoms with E-state index in [-0.39, 0.29) is 11.3 Å². The van der Waals surface area contributed by atoms with Gasteiger partial charge in [-0.3, -0.25) is 14.9 Å². The van der Waals surface area contributed by atoms with Crippen molar-refractivity contribution in [3.05, 3.63) is 33.6 Å². The highest BCUT2D eigenvalue weighted by atomic mass is 19.1. The summed E-state index contributed by atoms with van der Waals surface area (Å²) in [6.07, 6.45) is 0. The average Bonchev–Trinajstić information content (AvgIpc) is 2.02. The van der Waals surface area contributed by atoms with E-state index in [2.05, 4.69) is 0 Å². The van der Waals surface area contributed by atoms with Crippen molar-refractivity contribution in [2.75, 3.05) is 5.73 Å². The van der Waals surface area contributed by atoms with Crippen LogP contribution in [0.4, 0.5) is 15.8 Å². The smallest absolute Gasteiger partial charge is 0.328 e. The molecule has 0 bridgehead atoms. The first-order chi connectivity index (χ1) is 6.45. The van der Waals surface area contributed by atoms with Crippen molar-refractivity contribution in [2.24, 2.45) is 0 Å². The van der Waals surface area contributed by atoms with Crippen molar-refractivity contribution in [2.45, 2.75) is 6.92 Å². The lowest BCUT2D eigenvalue weighted by Gasteiger charge is -2.01. The minimum atomic E-state index is -1.18. The van der Waals surface area contributed by atoms with Crippen LogP contribution in [-0.2, 0) is 0 Å². The summed E-state index contributed by atoms with van der Waals surface area (Å²) in [5, 5.41) is 10.4. The largest absolute Gasteiger partial charge is 0.393 e. The second-order valence-electron chi connectivity index (χ2n) is 2.68. The number of carbonyl (C=O) groups excluding carboxylic acids is 1. The minimum absolute atomic E-state index is 0.294. The van der Waals surface area contributed by atoms with Gasteiger partial charge in [-0.15, -0.1) is 0 Å². The van der Waals surface area contributed by atoms with Crippen LogP contribution in [0.2, 0.25) is 0 Å². The van der Waals surface area contributed by atoms with E-state index < -0.39 is 22.2 Å². The predicted molar refractivity (Wildman–Crippen MR) is 47.5 cm³/mol. The van der Waals surface area contributed by atoms with Crippen molar-refractivity contribution < 1.29 is 14.1 Å². The Bertz CT molecular complexity index is 417. The molecule has 0 unspecified atom stereocenters. The van der Waals surface area contributed by atoms with Crippen LogP contribution in [0.1, 0.15) is 17.3 Å². The number of halogens is 1. The van der Waals surface area contributed by atoms with E-state index in [0.717, 1.165) is 19.1 Å². The number of Topliss-reactive ketones (excluding diaryl/α,β-unsaturated/α-hetero) is 1. The highest BCUT2D eigenvalue weighted by Gasteiger charge is 2.23. The number of nitrogens with two attached hydrogens (primary N) is 1. The van der Waals surface area contributed by atoms with Gasteiger partial charge in [-0.25, -0.2) is 0 Å². The molecule has 0 atom stereocenters. The van der Waals surface area contributed by atoms with Gasteiger partial charge >= 0.3 is 5.69 Å². The van der Waals surface area contributed by atoms with Gasteiger partial charge in [0.15, 0.2) is 5.78 Å². The molecule has 0 aliphatic heterocycles. The molecule has 0 aromatic heterocycles. The second-order valence-corrected chi connectivity index (χ2v) is 2.68. The van der Waals surface area contributed by atoms with E-state index in [4.69, 9.17) is 5.73 Å². The zero-order valence-corrected chi connectivity index (χ0v) is 7.28. The Morgan fingerprint density at radius 1 is 1.57 bits per heavy atom. The van der Waals surface area contributed by atoms with Gasteiger partial charge in [0, 0.05) is 0 Å². The molecule has 1 rings (SSSR count). The number of hydrogen-bond donors (Lipinski definition) is 1. The van der Waals surface area contributed by atoms with Crippen molar-refractivity contribution in [3.63, 3.8) is 0 Å². The number of nitrogens with zero attached hydrogens (tertiary/aromatic N) is 1. The Morgan fingerprint density at radius 2 is 2.14 bits per heavy atom. The van der Waals surface area contributed by atoms with Gasteiger partial charge in [-0.2, -0.15) is 4.39 Å². The topological polar surface area (TPSA) is 86.2 Å². The van der Waals surface area contributed by atoms with Crippen LogP contribution in [0, 0.1) is 15.9 Å². The molecule has 0 saturated heterocycles. The van der Waals surface area contributed by atoms with Gasteiger partial charge in [-0.1, -0.05) is 0 Å². The Morgan fingerprint density at radius 3 is 2.57 bits per heavy atom. The number of benzene rings is 1. The molecular formula is C8H7FN2O3. The van der Waals surface area contributed by atoms with Crippen molar-refractivity contribution in [1.82, 2.24) is 0 Å². The van der Waals surface area contributed by atoms with Gasteiger partial charge in [0.1, 0.15) is 5.69 Å². The summed E-state index contributed by atoms with van der Waals surface area (Å²) in [6, 6.07) is 2.26. The van der Waals surface area contributed by atoms with E-state index in [1.165, 1.54) is 0 Å². The Labute approximate surface area is 78.5 Å². The number of nitro benzene ring substituents is 1. The van der Waals surface area contributed by atoms with E-state index in [1.54, 1.807) is 0 Å². The SMILES string of the molecule is CC(=O)c1ccc(N)c([N+](=O)[O-])c1F. The second kappa shape index (κ2) is 3.41. The van der Waals surface area contributed by atoms with Gasteiger partial charge in [0.25, 0.3) is 0 Å². The molecule has 0 saturated carbocycles. The van der Waals surface area contributed by atoms with Crippen molar-refractivity contribution in [3.8, 4) is 0 Å². The number of hydrogen-bond acceptors (Lipinski definition) is 4. The van der Waals surface area contributed by atoms with Crippen LogP contribution in [0.5, 0.6) is 0 Å². The molecule has 14 heavy (non-hydrogen) atoms. The van der Waals surface area contributed by atoms with Gasteiger partial charge in [0.2, 0.25) is 5.82 Å². The highest BCUT2D eigenvalue weighted by Crippen LogP contribution is 2.27. The van der Waals surface area contributed by atoms with E-state index in [0.29, 0.717) is 0 Å². The summed E-state index contributed by atoms with van der Waals surface area (Å²) >= 11 is 0. The number of carbonyl (C=O) groups is 1. The Hall–Kier alpha value is -1.98. The summed E-state index contributed by atoms with van der Waals surface area (Å²) in [6.45, 7) is 1.12. The zero-order valence-electron chi connectivity index (χ0n) is 7.28. The van der Waals surface area contributed by atoms with E-state index in [1.807, 2.05) is 0 Å². The van der Waals surface area contributed by atoms with Gasteiger partial charge in [0.05, 0.1) is 10.5 Å². The molecule has 5 nitrogen and oxygen atoms in total. The standard InChI is InChI=1S/C8H7FN2O3/c1-4(12)5-2-3-6(10)8(7(5)9)11(13)14/h2-3H,10H2,1H3. The highest BCUT2D eigenvalue weighted by molar-refractivity contribution is 5.95. The maximum Gasteiger partial charge on any atom is 0.328 e. The summed E-state index contributed by atoms with van der Waals surface area (Å²) in [7, 11) is 0. The van der Waals surface area contributed by atoms with Gasteiger partial charge < -0.3 is 5.73 Å². The summed E-state index contributed by atoms with van der Waals surface area (Å²) in [5.74, 6) is -1.76. The normalized spacial score (nSPS) is 9.86. The lowest BCUT2D eigenvalue weighted by molar-refractivity contribution is -0.386. The van der Waals surface area contributed by atoms with E-state index >= 15 is 0 Å². The first-order valence-corrected chi connectivity index (χ1v) is 3.68. The van der Waals surface area contributed by atoms with E-state index in [9.17, 15) is 19.3 Å². The van der Waals surface area contributed by atoms with Crippen molar-refractivity contribution >= 4 is 17.2 Å². The fourth-order valence-corrected chi connectivity index (χ4v) is 1.04. The molecule has 0 heterocycles. The molecule has 0 aliphatic rings. The third-order valence-corrected chi connectivity index (χ3v) is 1.71. The maximum atomic E-state index is 13.3. The lowest BCUT2D eigenvalue weighted by Crippen LogP contribution is -2.04. The summed E-state index contributed by atoms with van der Waals surface area (Å²) in [4.78, 5) is 20.3. The number of ketones is 1. The molecular weight excluding hydrogens is 191 g/mol. The zero-order chi connectivity index (χ0) is 10.9. The van der Waals surface area contributed by atoms with Gasteiger partial charge in [-0.05, 0) is 19.1 Å². The number of nitrogen functional groups attached to an aromatic ring is 1. The molecule has 0 amide bonds. The van der Waals surface area contributed by atoms with Crippen LogP contribution in [0.25, 0.3) is 0 Å². The molecule has 0 spiro atoms. The minimum Gasteiger partial charge on any atom is -0.393 e. The third-order valence-electron chi connectivity index (χ3n) is 1.71. The van der Waals surface area contributed by atoms with Crippen LogP contribution in [0.15, 0.2) is 12.1 Å². The Balaban J connectivity index is 3.49. The number of nitro groups is 1. The quantitative estimate of drug-likeness (QED) is 0.338. The molecule has 0 aliphatic carbocycles. The van der Waals surface area contributed by atoms with Crippen LogP contribution in [0.3, 0.4) is 0 Å². The maximum absolute atomic E-state index is 13.3. The molecule has 6 heteroatoms. The summed E-state index contributed by atoms with van der Waals surface area (Å²) < 4.78 is 13.3. The molecule has 1 aromatic carbocycles. The van der Waals surface area contributed by atoms with Crippen LogP contribution in [-0.4, -0.2) is 10.7 Å². The first kappa shape index (κ1) is 10.1. The first-order valence-electron chi connectivity index (χ1n) is 3.68. The molecule has 0 radical (unpaired) electrons. The average molecular weight is 198 g/mol. The molecule has 1 aromatic rings. The lowest BCUT2D eigenvalue weighted by atomic mass is 10.1. The Kier molecular flexibility index (Phi) is 2.46. The fraction of sp³-hybridized carbons (Fsp3) is 0.125. The monoisotopic (exact) mass is 198 g/mol. The fourth-order valence-electron chi connectivity index (χ4n) is 1.04. The van der Waals surface area contributed by atoms with Crippen molar-refractivity contribution in [1.29, 1.82) is 0 Å².